The quantitative estimate of drug-likeness (QED) is 0.732. The summed E-state index contributed by atoms with van der Waals surface area (Å²) in [5.41, 5.74) is 8.64. The van der Waals surface area contributed by atoms with E-state index in [-0.39, 0.29) is 12.4 Å². The number of hydrogen-bond donors (Lipinski definition) is 1. The zero-order valence-corrected chi connectivity index (χ0v) is 8.66. The van der Waals surface area contributed by atoms with E-state index in [4.69, 9.17) is 5.73 Å². The molecule has 0 aliphatic heterocycles. The predicted molar refractivity (Wildman–Crippen MR) is 60.0 cm³/mol. The van der Waals surface area contributed by atoms with E-state index in [0.29, 0.717) is 0 Å². The fourth-order valence-electron chi connectivity index (χ4n) is 1.22. The van der Waals surface area contributed by atoms with Gasteiger partial charge < -0.3 is 5.73 Å². The number of aryl methyl sites for hydroxylation is 1. The summed E-state index contributed by atoms with van der Waals surface area (Å²) in [6.07, 6.45) is 3.66. The number of nitrogens with zero attached hydrogens (tertiary/aromatic N) is 2. The second kappa shape index (κ2) is 4.15. The van der Waals surface area contributed by atoms with Crippen LogP contribution in [-0.2, 0) is 0 Å². The molecule has 0 spiro atoms. The van der Waals surface area contributed by atoms with Crippen LogP contribution < -0.4 is 5.73 Å². The standard InChI is InChI=1S/C10H11N3.ClH/c1-8-7-9(3-4-10(8)11)13-6-2-5-12-13;/h2-7H,11H2,1H3;1H. The van der Waals surface area contributed by atoms with Crippen molar-refractivity contribution < 1.29 is 0 Å². The molecule has 1 aromatic heterocycles. The third-order valence-corrected chi connectivity index (χ3v) is 2.02. The lowest BCUT2D eigenvalue weighted by molar-refractivity contribution is 0.879. The second-order valence-electron chi connectivity index (χ2n) is 2.99. The predicted octanol–water partition coefficient (Wildman–Crippen LogP) is 2.18. The molecule has 3 nitrogen and oxygen atoms in total. The highest BCUT2D eigenvalue weighted by Gasteiger charge is 1.97. The van der Waals surface area contributed by atoms with E-state index in [1.54, 1.807) is 6.20 Å². The summed E-state index contributed by atoms with van der Waals surface area (Å²) in [5, 5.41) is 4.13. The number of hydrogen-bond acceptors (Lipinski definition) is 2. The first-order chi connectivity index (χ1) is 6.27. The summed E-state index contributed by atoms with van der Waals surface area (Å²) in [6, 6.07) is 7.76. The van der Waals surface area contributed by atoms with Crippen molar-refractivity contribution in [3.05, 3.63) is 42.2 Å². The van der Waals surface area contributed by atoms with Crippen molar-refractivity contribution in [3.63, 3.8) is 0 Å². The zero-order chi connectivity index (χ0) is 9.26. The van der Waals surface area contributed by atoms with Crippen molar-refractivity contribution in [1.82, 2.24) is 9.78 Å². The maximum absolute atomic E-state index is 5.71. The summed E-state index contributed by atoms with van der Waals surface area (Å²) in [6.45, 7) is 1.99. The maximum Gasteiger partial charge on any atom is 0.0649 e. The number of aromatic nitrogens is 2. The van der Waals surface area contributed by atoms with Gasteiger partial charge in [-0.1, -0.05) is 0 Å². The molecule has 0 saturated heterocycles. The number of anilines is 1. The third-order valence-electron chi connectivity index (χ3n) is 2.02. The fraction of sp³-hybridized carbons (Fsp3) is 0.100. The molecule has 14 heavy (non-hydrogen) atoms. The van der Waals surface area contributed by atoms with E-state index in [2.05, 4.69) is 5.10 Å². The number of nitrogens with two attached hydrogens (primary N) is 1. The van der Waals surface area contributed by atoms with E-state index >= 15 is 0 Å². The summed E-state index contributed by atoms with van der Waals surface area (Å²) in [7, 11) is 0. The van der Waals surface area contributed by atoms with Crippen LogP contribution in [0.4, 0.5) is 5.69 Å². The molecule has 2 rings (SSSR count). The van der Waals surface area contributed by atoms with Crippen LogP contribution in [0.15, 0.2) is 36.7 Å². The Hall–Kier alpha value is -1.48. The number of benzene rings is 1. The molecule has 0 radical (unpaired) electrons. The number of halogens is 1. The van der Waals surface area contributed by atoms with Crippen LogP contribution in [0, 0.1) is 6.92 Å². The van der Waals surface area contributed by atoms with E-state index in [1.807, 2.05) is 42.1 Å². The largest absolute Gasteiger partial charge is 0.399 e. The summed E-state index contributed by atoms with van der Waals surface area (Å²) < 4.78 is 1.81. The Morgan fingerprint density at radius 1 is 1.36 bits per heavy atom. The first-order valence-electron chi connectivity index (χ1n) is 4.13. The van der Waals surface area contributed by atoms with E-state index in [9.17, 15) is 0 Å². The molecule has 0 bridgehead atoms. The van der Waals surface area contributed by atoms with Gasteiger partial charge in [-0.25, -0.2) is 4.68 Å². The minimum atomic E-state index is 0. The molecule has 0 aliphatic rings. The topological polar surface area (TPSA) is 43.8 Å². The summed E-state index contributed by atoms with van der Waals surface area (Å²) >= 11 is 0. The van der Waals surface area contributed by atoms with Crippen molar-refractivity contribution in [3.8, 4) is 5.69 Å². The Kier molecular flexibility index (Phi) is 3.14. The molecule has 1 heterocycles. The number of nitrogen functional groups attached to an aromatic ring is 1. The van der Waals surface area contributed by atoms with Gasteiger partial charge in [0.15, 0.2) is 0 Å². The normalized spacial score (nSPS) is 9.50. The molecule has 2 aromatic rings. The monoisotopic (exact) mass is 209 g/mol. The molecule has 0 atom stereocenters. The minimum absolute atomic E-state index is 0. The highest BCUT2D eigenvalue weighted by Crippen LogP contribution is 2.14. The number of rotatable bonds is 1. The van der Waals surface area contributed by atoms with Crippen molar-refractivity contribution in [2.45, 2.75) is 6.92 Å². The Morgan fingerprint density at radius 2 is 2.14 bits per heavy atom. The van der Waals surface area contributed by atoms with Crippen LogP contribution in [0.3, 0.4) is 0 Å². The molecule has 0 amide bonds. The van der Waals surface area contributed by atoms with Crippen LogP contribution in [0.1, 0.15) is 5.56 Å². The highest BCUT2D eigenvalue weighted by molar-refractivity contribution is 5.85. The summed E-state index contributed by atoms with van der Waals surface area (Å²) in [4.78, 5) is 0. The SMILES string of the molecule is Cc1cc(-n2cccn2)ccc1N.Cl. The van der Waals surface area contributed by atoms with Gasteiger partial charge in [0.1, 0.15) is 0 Å². The van der Waals surface area contributed by atoms with Gasteiger partial charge in [-0.2, -0.15) is 5.10 Å². The molecule has 0 fully saturated rings. The Balaban J connectivity index is 0.000000980. The lowest BCUT2D eigenvalue weighted by atomic mass is 10.2. The highest BCUT2D eigenvalue weighted by atomic mass is 35.5. The van der Waals surface area contributed by atoms with Gasteiger partial charge in [0.2, 0.25) is 0 Å². The van der Waals surface area contributed by atoms with Crippen LogP contribution in [0.2, 0.25) is 0 Å². The molecule has 2 N–H and O–H groups in total. The van der Waals surface area contributed by atoms with E-state index < -0.39 is 0 Å². The van der Waals surface area contributed by atoms with Crippen LogP contribution in [0.25, 0.3) is 5.69 Å². The van der Waals surface area contributed by atoms with Crippen molar-refractivity contribution in [1.29, 1.82) is 0 Å². The Bertz CT molecular complexity index is 409. The van der Waals surface area contributed by atoms with E-state index in [0.717, 1.165) is 16.9 Å². The lowest BCUT2D eigenvalue weighted by Crippen LogP contribution is -1.96. The molecule has 1 aromatic carbocycles. The molecular formula is C10H12ClN3. The Morgan fingerprint density at radius 3 is 2.71 bits per heavy atom. The minimum Gasteiger partial charge on any atom is -0.399 e. The summed E-state index contributed by atoms with van der Waals surface area (Å²) in [5.74, 6) is 0. The average Bonchev–Trinajstić information content (AvgIpc) is 2.62. The third kappa shape index (κ3) is 1.88. The average molecular weight is 210 g/mol. The van der Waals surface area contributed by atoms with Crippen molar-refractivity contribution in [2.75, 3.05) is 5.73 Å². The van der Waals surface area contributed by atoms with Gasteiger partial charge in [0.05, 0.1) is 5.69 Å². The first kappa shape index (κ1) is 10.6. The van der Waals surface area contributed by atoms with Gasteiger partial charge >= 0.3 is 0 Å². The van der Waals surface area contributed by atoms with Gasteiger partial charge in [-0.15, -0.1) is 12.4 Å². The van der Waals surface area contributed by atoms with Gasteiger partial charge in [-0.3, -0.25) is 0 Å². The fourth-order valence-corrected chi connectivity index (χ4v) is 1.22. The molecule has 0 saturated carbocycles. The smallest absolute Gasteiger partial charge is 0.0649 e. The van der Waals surface area contributed by atoms with Gasteiger partial charge in [-0.05, 0) is 36.8 Å². The van der Waals surface area contributed by atoms with Crippen molar-refractivity contribution in [2.24, 2.45) is 0 Å². The first-order valence-corrected chi connectivity index (χ1v) is 4.13. The second-order valence-corrected chi connectivity index (χ2v) is 2.99. The molecule has 74 valence electrons. The van der Waals surface area contributed by atoms with Crippen LogP contribution in [-0.4, -0.2) is 9.78 Å². The molecule has 0 aliphatic carbocycles. The zero-order valence-electron chi connectivity index (χ0n) is 7.84. The van der Waals surface area contributed by atoms with Crippen LogP contribution >= 0.6 is 12.4 Å². The maximum atomic E-state index is 5.71. The molecule has 4 heteroatoms. The molecule has 0 unspecified atom stereocenters. The Labute approximate surface area is 89.0 Å². The van der Waals surface area contributed by atoms with Gasteiger partial charge in [0, 0.05) is 18.1 Å². The molecular weight excluding hydrogens is 198 g/mol. The van der Waals surface area contributed by atoms with Gasteiger partial charge in [0.25, 0.3) is 0 Å². The van der Waals surface area contributed by atoms with Crippen LogP contribution in [0.5, 0.6) is 0 Å². The van der Waals surface area contributed by atoms with E-state index in [1.165, 1.54) is 0 Å². The van der Waals surface area contributed by atoms with Crippen molar-refractivity contribution >= 4 is 18.1 Å². The lowest BCUT2D eigenvalue weighted by Gasteiger charge is -2.04.